The molecule has 9 heteroatoms. The van der Waals surface area contributed by atoms with Gasteiger partial charge in [0.05, 0.1) is 17.3 Å². The van der Waals surface area contributed by atoms with Crippen molar-refractivity contribution < 1.29 is 21.9 Å². The first kappa shape index (κ1) is 16.1. The number of rotatable bonds is 7. The summed E-state index contributed by atoms with van der Waals surface area (Å²) in [4.78, 5) is 0.0112. The van der Waals surface area contributed by atoms with E-state index in [2.05, 4.69) is 4.72 Å². The first-order valence-corrected chi connectivity index (χ1v) is 8.64. The summed E-state index contributed by atoms with van der Waals surface area (Å²) in [5.74, 6) is -0.336. The second-order valence-corrected chi connectivity index (χ2v) is 7.36. The average Bonchev–Trinajstić information content (AvgIpc) is 2.28. The largest absolute Gasteiger partial charge is 0.395 e. The van der Waals surface area contributed by atoms with Gasteiger partial charge in [0.25, 0.3) is 0 Å². The highest BCUT2D eigenvalue weighted by molar-refractivity contribution is 7.89. The SMILES string of the molecule is NS(=O)(=O)c1ccc(CCNS(=O)(=O)CCO)cc1. The molecule has 0 radical (unpaired) electrons. The van der Waals surface area contributed by atoms with Crippen LogP contribution in [-0.4, -0.2) is 40.8 Å². The van der Waals surface area contributed by atoms with Crippen LogP contribution in [0.1, 0.15) is 5.56 Å². The standard InChI is InChI=1S/C10H16N2O5S2/c11-19(16,17)10-3-1-9(2-4-10)5-6-12-18(14,15)8-7-13/h1-4,12-13H,5-8H2,(H2,11,16,17). The zero-order valence-electron chi connectivity index (χ0n) is 10.1. The smallest absolute Gasteiger partial charge is 0.238 e. The summed E-state index contributed by atoms with van der Waals surface area (Å²) in [6.07, 6.45) is 0.412. The second-order valence-electron chi connectivity index (χ2n) is 3.88. The van der Waals surface area contributed by atoms with Gasteiger partial charge in [-0.1, -0.05) is 12.1 Å². The maximum atomic E-state index is 11.2. The molecule has 7 nitrogen and oxygen atoms in total. The minimum Gasteiger partial charge on any atom is -0.395 e. The Labute approximate surface area is 112 Å². The van der Waals surface area contributed by atoms with Gasteiger partial charge in [-0.25, -0.2) is 26.7 Å². The average molecular weight is 308 g/mol. The molecule has 4 N–H and O–H groups in total. The van der Waals surface area contributed by atoms with Crippen molar-refractivity contribution in [2.24, 2.45) is 5.14 Å². The van der Waals surface area contributed by atoms with E-state index in [-0.39, 0.29) is 17.2 Å². The third kappa shape index (κ3) is 5.66. The Morgan fingerprint density at radius 1 is 1.11 bits per heavy atom. The summed E-state index contributed by atoms with van der Waals surface area (Å²) in [5.41, 5.74) is 0.777. The lowest BCUT2D eigenvalue weighted by Crippen LogP contribution is -2.29. The van der Waals surface area contributed by atoms with Crippen molar-refractivity contribution >= 4 is 20.0 Å². The van der Waals surface area contributed by atoms with Gasteiger partial charge in [0.15, 0.2) is 0 Å². The van der Waals surface area contributed by atoms with Crippen molar-refractivity contribution in [1.82, 2.24) is 4.72 Å². The lowest BCUT2D eigenvalue weighted by molar-refractivity contribution is 0.319. The fourth-order valence-electron chi connectivity index (χ4n) is 1.39. The van der Waals surface area contributed by atoms with Crippen LogP contribution in [0.5, 0.6) is 0 Å². The van der Waals surface area contributed by atoms with Crippen LogP contribution < -0.4 is 9.86 Å². The van der Waals surface area contributed by atoms with Crippen molar-refractivity contribution in [3.8, 4) is 0 Å². The van der Waals surface area contributed by atoms with Gasteiger partial charge < -0.3 is 5.11 Å². The number of benzene rings is 1. The molecular weight excluding hydrogens is 292 g/mol. The molecule has 0 heterocycles. The van der Waals surface area contributed by atoms with Crippen molar-refractivity contribution in [2.45, 2.75) is 11.3 Å². The second kappa shape index (κ2) is 6.44. The van der Waals surface area contributed by atoms with Crippen molar-refractivity contribution in [3.05, 3.63) is 29.8 Å². The molecule has 1 rings (SSSR count). The van der Waals surface area contributed by atoms with Crippen molar-refractivity contribution in [1.29, 1.82) is 0 Å². The first-order valence-electron chi connectivity index (χ1n) is 5.44. The predicted octanol–water partition coefficient (Wildman–Crippen LogP) is -1.21. The number of aliphatic hydroxyl groups is 1. The Kier molecular flexibility index (Phi) is 5.44. The van der Waals surface area contributed by atoms with Crippen molar-refractivity contribution in [2.75, 3.05) is 18.9 Å². The topological polar surface area (TPSA) is 127 Å². The molecule has 0 spiro atoms. The fraction of sp³-hybridized carbons (Fsp3) is 0.400. The number of sulfonamides is 2. The normalized spacial score (nSPS) is 12.5. The van der Waals surface area contributed by atoms with E-state index in [1.165, 1.54) is 12.1 Å². The molecule has 0 aliphatic heterocycles. The van der Waals surface area contributed by atoms with Crippen LogP contribution >= 0.6 is 0 Å². The Morgan fingerprint density at radius 2 is 1.68 bits per heavy atom. The number of hydrogen-bond donors (Lipinski definition) is 3. The van der Waals surface area contributed by atoms with Crippen LogP contribution in [0.15, 0.2) is 29.2 Å². The highest BCUT2D eigenvalue weighted by Gasteiger charge is 2.09. The molecular formula is C10H16N2O5S2. The summed E-state index contributed by atoms with van der Waals surface area (Å²) in [6.45, 7) is -0.255. The molecule has 1 aromatic rings. The fourth-order valence-corrected chi connectivity index (χ4v) is 2.70. The Hall–Kier alpha value is -1.00. The molecule has 108 valence electrons. The lowest BCUT2D eigenvalue weighted by Gasteiger charge is -2.06. The van der Waals surface area contributed by atoms with E-state index < -0.39 is 26.7 Å². The maximum absolute atomic E-state index is 11.2. The van der Waals surface area contributed by atoms with Crippen LogP contribution in [-0.2, 0) is 26.5 Å². The van der Waals surface area contributed by atoms with Gasteiger partial charge in [-0.3, -0.25) is 0 Å². The van der Waals surface area contributed by atoms with Crippen molar-refractivity contribution in [3.63, 3.8) is 0 Å². The van der Waals surface area contributed by atoms with Crippen LogP contribution in [0.25, 0.3) is 0 Å². The minimum atomic E-state index is -3.71. The molecule has 0 bridgehead atoms. The molecule has 0 atom stereocenters. The number of nitrogens with two attached hydrogens (primary N) is 1. The van der Waals surface area contributed by atoms with E-state index in [4.69, 9.17) is 10.2 Å². The third-order valence-electron chi connectivity index (χ3n) is 2.35. The molecule has 0 amide bonds. The van der Waals surface area contributed by atoms with Crippen LogP contribution in [0.4, 0.5) is 0 Å². The summed E-state index contributed by atoms with van der Waals surface area (Å²) in [6, 6.07) is 5.87. The molecule has 0 aliphatic carbocycles. The van der Waals surface area contributed by atoms with E-state index in [0.717, 1.165) is 5.56 Å². The minimum absolute atomic E-state index is 0.0112. The summed E-state index contributed by atoms with van der Waals surface area (Å²) >= 11 is 0. The van der Waals surface area contributed by atoms with Gasteiger partial charge in [0, 0.05) is 6.54 Å². The third-order valence-corrected chi connectivity index (χ3v) is 4.64. The van der Waals surface area contributed by atoms with E-state index >= 15 is 0 Å². The number of hydrogen-bond acceptors (Lipinski definition) is 5. The summed E-state index contributed by atoms with van der Waals surface area (Å²) in [5, 5.41) is 13.5. The number of nitrogens with one attached hydrogen (secondary N) is 1. The van der Waals surface area contributed by atoms with Crippen LogP contribution in [0.3, 0.4) is 0 Å². The quantitative estimate of drug-likeness (QED) is 0.582. The number of primary sulfonamides is 1. The van der Waals surface area contributed by atoms with Gasteiger partial charge in [0.1, 0.15) is 0 Å². The molecule has 0 aliphatic rings. The monoisotopic (exact) mass is 308 g/mol. The molecule has 0 fully saturated rings. The Bertz CT molecular complexity index is 608. The van der Waals surface area contributed by atoms with E-state index in [0.29, 0.717) is 6.42 Å². The van der Waals surface area contributed by atoms with Crippen LogP contribution in [0, 0.1) is 0 Å². The van der Waals surface area contributed by atoms with Gasteiger partial charge in [-0.15, -0.1) is 0 Å². The summed E-state index contributed by atoms with van der Waals surface area (Å²) < 4.78 is 46.8. The van der Waals surface area contributed by atoms with Crippen LogP contribution in [0.2, 0.25) is 0 Å². The van der Waals surface area contributed by atoms with Gasteiger partial charge in [-0.05, 0) is 24.1 Å². The van der Waals surface area contributed by atoms with E-state index in [1.54, 1.807) is 12.1 Å². The molecule has 19 heavy (non-hydrogen) atoms. The summed E-state index contributed by atoms with van der Waals surface area (Å²) in [7, 11) is -7.16. The predicted molar refractivity (Wildman–Crippen MR) is 70.4 cm³/mol. The maximum Gasteiger partial charge on any atom is 0.238 e. The highest BCUT2D eigenvalue weighted by Crippen LogP contribution is 2.08. The molecule has 0 saturated heterocycles. The van der Waals surface area contributed by atoms with E-state index in [9.17, 15) is 16.8 Å². The Balaban J connectivity index is 2.56. The first-order chi connectivity index (χ1) is 8.74. The molecule has 0 saturated carbocycles. The number of aliphatic hydroxyl groups excluding tert-OH is 1. The zero-order chi connectivity index (χ0) is 14.5. The van der Waals surface area contributed by atoms with Gasteiger partial charge in [-0.2, -0.15) is 0 Å². The Morgan fingerprint density at radius 3 is 2.16 bits per heavy atom. The van der Waals surface area contributed by atoms with Gasteiger partial charge in [0.2, 0.25) is 20.0 Å². The lowest BCUT2D eigenvalue weighted by atomic mass is 10.2. The molecule has 0 unspecified atom stereocenters. The van der Waals surface area contributed by atoms with E-state index in [1.807, 2.05) is 0 Å². The molecule has 1 aromatic carbocycles. The highest BCUT2D eigenvalue weighted by atomic mass is 32.2. The molecule has 0 aromatic heterocycles. The zero-order valence-corrected chi connectivity index (χ0v) is 11.7. The van der Waals surface area contributed by atoms with Gasteiger partial charge >= 0.3 is 0 Å².